The Balaban J connectivity index is 1.89. The van der Waals surface area contributed by atoms with Gasteiger partial charge in [0.1, 0.15) is 5.75 Å². The molecule has 5 nitrogen and oxygen atoms in total. The lowest BCUT2D eigenvalue weighted by Gasteiger charge is -2.37. The van der Waals surface area contributed by atoms with Gasteiger partial charge < -0.3 is 9.84 Å². The number of nitrogens with zero attached hydrogens (tertiary/aromatic N) is 2. The summed E-state index contributed by atoms with van der Waals surface area (Å²) in [5, 5.41) is 8.82. The van der Waals surface area contributed by atoms with E-state index in [9.17, 15) is 4.79 Å². The summed E-state index contributed by atoms with van der Waals surface area (Å²) in [5.41, 5.74) is 1.27. The molecule has 1 aliphatic rings. The van der Waals surface area contributed by atoms with Crippen LogP contribution in [0.5, 0.6) is 5.75 Å². The highest BCUT2D eigenvalue weighted by molar-refractivity contribution is 5.69. The highest BCUT2D eigenvalue weighted by atomic mass is 16.5. The maximum absolute atomic E-state index is 10.7. The average Bonchev–Trinajstić information content (AvgIpc) is 2.48. The number of piperazine rings is 1. The van der Waals surface area contributed by atoms with Crippen LogP contribution in [-0.4, -0.2) is 60.2 Å². The molecule has 1 aromatic rings. The number of aliphatic carboxylic acids is 1. The third-order valence-corrected chi connectivity index (χ3v) is 3.99. The van der Waals surface area contributed by atoms with Crippen LogP contribution >= 0.6 is 0 Å². The molecular weight excluding hydrogens is 268 g/mol. The zero-order chi connectivity index (χ0) is 15.2. The van der Waals surface area contributed by atoms with Crippen LogP contribution < -0.4 is 4.74 Å². The van der Waals surface area contributed by atoms with Crippen molar-refractivity contribution in [3.63, 3.8) is 0 Å². The van der Waals surface area contributed by atoms with Crippen molar-refractivity contribution in [3.8, 4) is 5.75 Å². The fourth-order valence-corrected chi connectivity index (χ4v) is 2.72. The number of carbonyl (C=O) groups is 1. The van der Waals surface area contributed by atoms with Crippen LogP contribution in [-0.2, 0) is 4.79 Å². The van der Waals surface area contributed by atoms with Crippen LogP contribution in [0.25, 0.3) is 0 Å². The predicted octanol–water partition coefficient (Wildman–Crippen LogP) is 1.85. The first-order valence-electron chi connectivity index (χ1n) is 7.51. The van der Waals surface area contributed by atoms with E-state index in [1.54, 1.807) is 0 Å². The molecular formula is C16H24N2O3. The molecule has 1 saturated heterocycles. The van der Waals surface area contributed by atoms with E-state index in [1.165, 1.54) is 5.56 Å². The average molecular weight is 292 g/mol. The summed E-state index contributed by atoms with van der Waals surface area (Å²) >= 11 is 0. The summed E-state index contributed by atoms with van der Waals surface area (Å²) < 4.78 is 5.46. The largest absolute Gasteiger partial charge is 0.494 e. The molecule has 1 fully saturated rings. The Morgan fingerprint density at radius 1 is 1.24 bits per heavy atom. The molecule has 0 aliphatic carbocycles. The Bertz CT molecular complexity index is 453. The van der Waals surface area contributed by atoms with Crippen LogP contribution in [0, 0.1) is 0 Å². The Kier molecular flexibility index (Phi) is 5.59. The SMILES string of the molecule is CCOc1ccc(C(C)N2CCN(CC(=O)O)CC2)cc1. The van der Waals surface area contributed by atoms with Crippen LogP contribution in [0.3, 0.4) is 0 Å². The number of benzene rings is 1. The van der Waals surface area contributed by atoms with Crippen LogP contribution in [0.1, 0.15) is 25.5 Å². The van der Waals surface area contributed by atoms with E-state index in [0.29, 0.717) is 12.6 Å². The third kappa shape index (κ3) is 4.44. The first kappa shape index (κ1) is 15.8. The minimum Gasteiger partial charge on any atom is -0.494 e. The van der Waals surface area contributed by atoms with E-state index < -0.39 is 5.97 Å². The minimum absolute atomic E-state index is 0.144. The Labute approximate surface area is 126 Å². The van der Waals surface area contributed by atoms with Crippen LogP contribution in [0.2, 0.25) is 0 Å². The van der Waals surface area contributed by atoms with Crippen molar-refractivity contribution in [2.45, 2.75) is 19.9 Å². The zero-order valence-electron chi connectivity index (χ0n) is 12.8. The van der Waals surface area contributed by atoms with Gasteiger partial charge in [-0.1, -0.05) is 12.1 Å². The first-order valence-corrected chi connectivity index (χ1v) is 7.51. The molecule has 5 heteroatoms. The summed E-state index contributed by atoms with van der Waals surface area (Å²) in [6, 6.07) is 8.58. The summed E-state index contributed by atoms with van der Waals surface area (Å²) in [6.07, 6.45) is 0. The second-order valence-corrected chi connectivity index (χ2v) is 5.38. The van der Waals surface area contributed by atoms with Gasteiger partial charge >= 0.3 is 5.97 Å². The second kappa shape index (κ2) is 7.43. The van der Waals surface area contributed by atoms with Gasteiger partial charge in [-0.15, -0.1) is 0 Å². The molecule has 0 bridgehead atoms. The van der Waals surface area contributed by atoms with Crippen molar-refractivity contribution in [3.05, 3.63) is 29.8 Å². The number of carboxylic acids is 1. The van der Waals surface area contributed by atoms with Gasteiger partial charge in [-0.3, -0.25) is 14.6 Å². The molecule has 1 unspecified atom stereocenters. The lowest BCUT2D eigenvalue weighted by atomic mass is 10.1. The highest BCUT2D eigenvalue weighted by Crippen LogP contribution is 2.23. The number of hydrogen-bond acceptors (Lipinski definition) is 4. The van der Waals surface area contributed by atoms with E-state index in [-0.39, 0.29) is 6.54 Å². The molecule has 21 heavy (non-hydrogen) atoms. The second-order valence-electron chi connectivity index (χ2n) is 5.38. The molecule has 1 aromatic carbocycles. The van der Waals surface area contributed by atoms with Crippen molar-refractivity contribution in [1.29, 1.82) is 0 Å². The van der Waals surface area contributed by atoms with E-state index in [1.807, 2.05) is 24.0 Å². The molecule has 2 rings (SSSR count). The Morgan fingerprint density at radius 3 is 2.38 bits per heavy atom. The molecule has 1 atom stereocenters. The van der Waals surface area contributed by atoms with Crippen molar-refractivity contribution in [2.24, 2.45) is 0 Å². The molecule has 1 aliphatic heterocycles. The van der Waals surface area contributed by atoms with Gasteiger partial charge in [0.25, 0.3) is 0 Å². The smallest absolute Gasteiger partial charge is 0.317 e. The minimum atomic E-state index is -0.747. The molecule has 1 N–H and O–H groups in total. The van der Waals surface area contributed by atoms with Gasteiger partial charge in [0.2, 0.25) is 0 Å². The fraction of sp³-hybridized carbons (Fsp3) is 0.562. The van der Waals surface area contributed by atoms with Gasteiger partial charge in [-0.25, -0.2) is 0 Å². The summed E-state index contributed by atoms with van der Waals surface area (Å²) in [5.74, 6) is 0.155. The molecule has 0 saturated carbocycles. The quantitative estimate of drug-likeness (QED) is 0.867. The number of carboxylic acid groups (broad SMARTS) is 1. The molecule has 0 spiro atoms. The van der Waals surface area contributed by atoms with Gasteiger partial charge in [-0.05, 0) is 31.5 Å². The standard InChI is InChI=1S/C16H24N2O3/c1-3-21-15-6-4-14(5-7-15)13(2)18-10-8-17(9-11-18)12-16(19)20/h4-7,13H,3,8-12H2,1-2H3,(H,19,20). The van der Waals surface area contributed by atoms with Gasteiger partial charge in [-0.2, -0.15) is 0 Å². The fourth-order valence-electron chi connectivity index (χ4n) is 2.72. The van der Waals surface area contributed by atoms with Crippen molar-refractivity contribution < 1.29 is 14.6 Å². The summed E-state index contributed by atoms with van der Waals surface area (Å²) in [4.78, 5) is 15.1. The number of rotatable bonds is 6. The summed E-state index contributed by atoms with van der Waals surface area (Å²) in [6.45, 7) is 8.44. The molecule has 0 aromatic heterocycles. The molecule has 0 radical (unpaired) electrons. The van der Waals surface area contributed by atoms with Crippen molar-refractivity contribution in [1.82, 2.24) is 9.80 Å². The maximum atomic E-state index is 10.7. The topological polar surface area (TPSA) is 53.0 Å². The lowest BCUT2D eigenvalue weighted by molar-refractivity contribution is -0.138. The van der Waals surface area contributed by atoms with Gasteiger partial charge in [0.05, 0.1) is 13.2 Å². The van der Waals surface area contributed by atoms with E-state index >= 15 is 0 Å². The molecule has 116 valence electrons. The number of hydrogen-bond donors (Lipinski definition) is 1. The van der Waals surface area contributed by atoms with E-state index in [0.717, 1.165) is 31.9 Å². The van der Waals surface area contributed by atoms with Crippen molar-refractivity contribution >= 4 is 5.97 Å². The van der Waals surface area contributed by atoms with Crippen LogP contribution in [0.15, 0.2) is 24.3 Å². The maximum Gasteiger partial charge on any atom is 0.317 e. The Hall–Kier alpha value is -1.59. The number of ether oxygens (including phenoxy) is 1. The normalized spacial score (nSPS) is 18.4. The third-order valence-electron chi connectivity index (χ3n) is 3.99. The van der Waals surface area contributed by atoms with Gasteiger partial charge in [0.15, 0.2) is 0 Å². The Morgan fingerprint density at radius 2 is 1.86 bits per heavy atom. The van der Waals surface area contributed by atoms with E-state index in [4.69, 9.17) is 9.84 Å². The first-order chi connectivity index (χ1) is 10.1. The zero-order valence-corrected chi connectivity index (χ0v) is 12.8. The lowest BCUT2D eigenvalue weighted by Crippen LogP contribution is -2.48. The van der Waals surface area contributed by atoms with Crippen LogP contribution in [0.4, 0.5) is 0 Å². The predicted molar refractivity (Wildman–Crippen MR) is 81.7 cm³/mol. The monoisotopic (exact) mass is 292 g/mol. The highest BCUT2D eigenvalue weighted by Gasteiger charge is 2.22. The molecule has 1 heterocycles. The van der Waals surface area contributed by atoms with Crippen molar-refractivity contribution in [2.75, 3.05) is 39.3 Å². The van der Waals surface area contributed by atoms with Gasteiger partial charge in [0, 0.05) is 32.2 Å². The van der Waals surface area contributed by atoms with E-state index in [2.05, 4.69) is 24.0 Å². The summed E-state index contributed by atoms with van der Waals surface area (Å²) in [7, 11) is 0. The molecule has 0 amide bonds.